The molecule has 2 aliphatic rings. The number of pyridine rings is 1. The zero-order valence-corrected chi connectivity index (χ0v) is 22.5. The average molecular weight is 535 g/mol. The number of hydrogen-bond acceptors (Lipinski definition) is 8. The van der Waals surface area contributed by atoms with Gasteiger partial charge in [0.05, 0.1) is 56.9 Å². The summed E-state index contributed by atoms with van der Waals surface area (Å²) in [4.78, 5) is 21.5. The molecule has 36 heavy (non-hydrogen) atoms. The zero-order valence-electron chi connectivity index (χ0n) is 20.8. The summed E-state index contributed by atoms with van der Waals surface area (Å²) in [5.41, 5.74) is 1.06. The third-order valence-electron chi connectivity index (χ3n) is 6.25. The quantitative estimate of drug-likeness (QED) is 0.321. The highest BCUT2D eigenvalue weighted by atomic mass is 35.5. The molecule has 4 rings (SSSR count). The Balaban J connectivity index is 1.20. The van der Waals surface area contributed by atoms with Crippen molar-refractivity contribution in [2.24, 2.45) is 0 Å². The summed E-state index contributed by atoms with van der Waals surface area (Å²) >= 11 is 6.08. The molecule has 1 aromatic carbocycles. The highest BCUT2D eigenvalue weighted by molar-refractivity contribution is 6.51. The number of benzene rings is 1. The van der Waals surface area contributed by atoms with Crippen LogP contribution in [0.4, 0.5) is 5.82 Å². The highest BCUT2D eigenvalue weighted by Crippen LogP contribution is 2.34. The van der Waals surface area contributed by atoms with Crippen LogP contribution in [0.3, 0.4) is 0 Å². The highest BCUT2D eigenvalue weighted by Gasteiger charge is 2.33. The monoisotopic (exact) mass is 534 g/mol. The van der Waals surface area contributed by atoms with Gasteiger partial charge in [-0.15, -0.1) is 0 Å². The second kappa shape index (κ2) is 13.3. The number of ether oxygens (including phenoxy) is 4. The second-order valence-corrected chi connectivity index (χ2v) is 11.1. The lowest BCUT2D eigenvalue weighted by Gasteiger charge is -2.41. The predicted molar refractivity (Wildman–Crippen MR) is 138 cm³/mol. The van der Waals surface area contributed by atoms with Crippen molar-refractivity contribution in [1.29, 1.82) is 0 Å². The van der Waals surface area contributed by atoms with E-state index in [1.807, 2.05) is 29.2 Å². The number of anilines is 1. The summed E-state index contributed by atoms with van der Waals surface area (Å²) in [7, 11) is 1.99. The Morgan fingerprint density at radius 1 is 1.22 bits per heavy atom. The number of amides is 1. The van der Waals surface area contributed by atoms with Crippen molar-refractivity contribution >= 4 is 32.4 Å². The molecular weight excluding hydrogens is 502 g/mol. The third-order valence-corrected chi connectivity index (χ3v) is 8.14. The van der Waals surface area contributed by atoms with Crippen molar-refractivity contribution < 1.29 is 28.2 Å². The minimum absolute atomic E-state index is 0.101. The maximum absolute atomic E-state index is 12.9. The minimum atomic E-state index is -1.32. The van der Waals surface area contributed by atoms with Crippen molar-refractivity contribution in [2.75, 3.05) is 64.4 Å². The molecule has 1 unspecified atom stereocenters. The van der Waals surface area contributed by atoms with Gasteiger partial charge < -0.3 is 33.2 Å². The molecule has 0 spiro atoms. The SMILES string of the molecule is COC[Si](COCCC(=O)N1CCN2c3ncc(Cl)cc3OCCC2C1)OCc1ccc(OC)cc1. The van der Waals surface area contributed by atoms with Crippen LogP contribution in [0.5, 0.6) is 11.5 Å². The largest absolute Gasteiger partial charge is 0.497 e. The number of fused-ring (bicyclic) bond motifs is 3. The second-order valence-electron chi connectivity index (χ2n) is 8.71. The molecule has 11 heteroatoms. The lowest BCUT2D eigenvalue weighted by molar-refractivity contribution is -0.133. The molecule has 3 heterocycles. The Kier molecular flexibility index (Phi) is 9.82. The molecule has 2 aromatic rings. The van der Waals surface area contributed by atoms with Crippen molar-refractivity contribution in [2.45, 2.75) is 25.5 Å². The lowest BCUT2D eigenvalue weighted by Crippen LogP contribution is -2.55. The van der Waals surface area contributed by atoms with E-state index in [0.717, 1.165) is 23.6 Å². The number of nitrogens with zero attached hydrogens (tertiary/aromatic N) is 3. The Hall–Kier alpha value is -2.37. The van der Waals surface area contributed by atoms with Gasteiger partial charge in [-0.05, 0) is 17.7 Å². The van der Waals surface area contributed by atoms with Crippen LogP contribution in [0.15, 0.2) is 36.5 Å². The average Bonchev–Trinajstić information content (AvgIpc) is 3.08. The smallest absolute Gasteiger partial charge is 0.265 e. The molecule has 1 aromatic heterocycles. The first-order chi connectivity index (χ1) is 17.6. The van der Waals surface area contributed by atoms with E-state index in [9.17, 15) is 4.79 Å². The van der Waals surface area contributed by atoms with Crippen LogP contribution in [-0.2, 0) is 25.3 Å². The fourth-order valence-electron chi connectivity index (χ4n) is 4.34. The van der Waals surface area contributed by atoms with Crippen LogP contribution >= 0.6 is 11.6 Å². The normalized spacial score (nSPS) is 17.3. The van der Waals surface area contributed by atoms with E-state index in [1.165, 1.54) is 0 Å². The minimum Gasteiger partial charge on any atom is -0.497 e. The van der Waals surface area contributed by atoms with E-state index in [2.05, 4.69) is 9.88 Å². The maximum Gasteiger partial charge on any atom is 0.265 e. The first-order valence-corrected chi connectivity index (χ1v) is 14.3. The van der Waals surface area contributed by atoms with E-state index < -0.39 is 9.04 Å². The molecule has 0 bridgehead atoms. The topological polar surface area (TPSA) is 82.6 Å². The fraction of sp³-hybridized carbons (Fsp3) is 0.520. The summed E-state index contributed by atoms with van der Waals surface area (Å²) in [5.74, 6) is 2.43. The van der Waals surface area contributed by atoms with Crippen LogP contribution in [0.1, 0.15) is 18.4 Å². The molecule has 1 atom stereocenters. The number of rotatable bonds is 11. The maximum atomic E-state index is 12.9. The Labute approximate surface area is 218 Å². The van der Waals surface area contributed by atoms with Gasteiger partial charge in [0, 0.05) is 45.4 Å². The number of halogens is 1. The molecular formula is C25H33ClN3O6Si. The van der Waals surface area contributed by atoms with E-state index in [0.29, 0.717) is 69.1 Å². The van der Waals surface area contributed by atoms with E-state index in [4.69, 9.17) is 35.0 Å². The van der Waals surface area contributed by atoms with Gasteiger partial charge in [0.2, 0.25) is 5.91 Å². The van der Waals surface area contributed by atoms with Gasteiger partial charge in [0.25, 0.3) is 9.04 Å². The summed E-state index contributed by atoms with van der Waals surface area (Å²) < 4.78 is 28.3. The van der Waals surface area contributed by atoms with E-state index >= 15 is 0 Å². The molecule has 1 fully saturated rings. The van der Waals surface area contributed by atoms with Crippen molar-refractivity contribution in [3.05, 3.63) is 47.1 Å². The van der Waals surface area contributed by atoms with Gasteiger partial charge in [0.1, 0.15) is 5.75 Å². The molecule has 1 radical (unpaired) electrons. The predicted octanol–water partition coefficient (Wildman–Crippen LogP) is 2.88. The molecule has 1 amide bonds. The number of methoxy groups -OCH3 is 2. The molecule has 0 aliphatic carbocycles. The van der Waals surface area contributed by atoms with Crippen LogP contribution in [0, 0.1) is 0 Å². The third kappa shape index (κ3) is 7.10. The van der Waals surface area contributed by atoms with Crippen molar-refractivity contribution in [1.82, 2.24) is 9.88 Å². The van der Waals surface area contributed by atoms with Gasteiger partial charge in [-0.2, -0.15) is 0 Å². The molecule has 195 valence electrons. The first-order valence-electron chi connectivity index (χ1n) is 12.1. The van der Waals surface area contributed by atoms with E-state index in [1.54, 1.807) is 26.5 Å². The number of aromatic nitrogens is 1. The Bertz CT molecular complexity index is 998. The number of carbonyl (C=O) groups excluding carboxylic acids is 1. The molecule has 0 saturated carbocycles. The van der Waals surface area contributed by atoms with E-state index in [-0.39, 0.29) is 11.9 Å². The Morgan fingerprint density at radius 2 is 2.06 bits per heavy atom. The summed E-state index contributed by atoms with van der Waals surface area (Å²) in [5, 5.41) is 0.558. The van der Waals surface area contributed by atoms with Crippen molar-refractivity contribution in [3.63, 3.8) is 0 Å². The molecule has 9 nitrogen and oxygen atoms in total. The molecule has 2 aliphatic heterocycles. The van der Waals surface area contributed by atoms with Crippen LogP contribution in [0.25, 0.3) is 0 Å². The number of piperazine rings is 1. The van der Waals surface area contributed by atoms with Gasteiger partial charge in [0.15, 0.2) is 11.6 Å². The molecule has 1 saturated heterocycles. The van der Waals surface area contributed by atoms with Crippen molar-refractivity contribution in [3.8, 4) is 11.5 Å². The van der Waals surface area contributed by atoms with Crippen LogP contribution in [-0.4, -0.2) is 90.4 Å². The lowest BCUT2D eigenvalue weighted by atomic mass is 10.1. The van der Waals surface area contributed by atoms with Gasteiger partial charge >= 0.3 is 0 Å². The Morgan fingerprint density at radius 3 is 2.83 bits per heavy atom. The fourth-order valence-corrected chi connectivity index (χ4v) is 5.81. The van der Waals surface area contributed by atoms with Gasteiger partial charge in [-0.25, -0.2) is 4.98 Å². The summed E-state index contributed by atoms with van der Waals surface area (Å²) in [6, 6.07) is 9.76. The van der Waals surface area contributed by atoms with Gasteiger partial charge in [-0.1, -0.05) is 23.7 Å². The molecule has 0 N–H and O–H groups in total. The summed E-state index contributed by atoms with van der Waals surface area (Å²) in [6.45, 7) is 3.42. The standard InChI is InChI=1S/C25H33ClN3O6Si/c1-31-17-36(35-16-19-3-5-22(32-2)6-4-19)18-33-11-8-24(30)28-9-10-29-21(15-28)7-12-34-23-13-20(26)14-27-25(23)29/h3-6,13-14,21H,7-12,15-18H2,1-2H3. The zero-order chi connectivity index (χ0) is 25.3. The number of hydrogen-bond donors (Lipinski definition) is 0. The van der Waals surface area contributed by atoms with Gasteiger partial charge in [-0.3, -0.25) is 4.79 Å². The number of carbonyl (C=O) groups is 1. The summed E-state index contributed by atoms with van der Waals surface area (Å²) in [6.07, 6.45) is 3.78. The van der Waals surface area contributed by atoms with Crippen LogP contribution in [0.2, 0.25) is 5.02 Å². The first kappa shape index (κ1) is 26.7. The van der Waals surface area contributed by atoms with Crippen LogP contribution < -0.4 is 14.4 Å².